The van der Waals surface area contributed by atoms with Crippen molar-refractivity contribution in [2.75, 3.05) is 6.61 Å². The second-order valence-electron chi connectivity index (χ2n) is 12.4. The lowest BCUT2D eigenvalue weighted by Crippen LogP contribution is -2.78. The molecule has 0 radical (unpaired) electrons. The van der Waals surface area contributed by atoms with Gasteiger partial charge in [0.15, 0.2) is 0 Å². The van der Waals surface area contributed by atoms with Crippen molar-refractivity contribution in [1.82, 2.24) is 0 Å². The minimum absolute atomic E-state index is 0.0892. The van der Waals surface area contributed by atoms with Gasteiger partial charge in [-0.05, 0) is 63.1 Å². The van der Waals surface area contributed by atoms with E-state index in [9.17, 15) is 19.5 Å². The summed E-state index contributed by atoms with van der Waals surface area (Å²) in [5.41, 5.74) is 3.68. The van der Waals surface area contributed by atoms with Gasteiger partial charge in [0.2, 0.25) is 0 Å². The molecule has 0 amide bonds. The van der Waals surface area contributed by atoms with E-state index in [1.807, 2.05) is 26.8 Å². The van der Waals surface area contributed by atoms with Crippen LogP contribution in [0.3, 0.4) is 0 Å². The Labute approximate surface area is 233 Å². The molecule has 40 heavy (non-hydrogen) atoms. The average molecular weight is 547 g/mol. The van der Waals surface area contributed by atoms with Gasteiger partial charge >= 0.3 is 17.9 Å². The molecule has 8 heteroatoms. The molecule has 2 heterocycles. The van der Waals surface area contributed by atoms with Crippen molar-refractivity contribution in [3.63, 3.8) is 0 Å². The molecule has 0 aromatic heterocycles. The summed E-state index contributed by atoms with van der Waals surface area (Å²) in [7, 11) is 0. The lowest BCUT2D eigenvalue weighted by molar-refractivity contribution is -0.348. The van der Waals surface area contributed by atoms with Gasteiger partial charge in [0.25, 0.3) is 0 Å². The quantitative estimate of drug-likeness (QED) is 0.246. The van der Waals surface area contributed by atoms with Crippen molar-refractivity contribution in [3.05, 3.63) is 70.7 Å². The Morgan fingerprint density at radius 1 is 1.02 bits per heavy atom. The van der Waals surface area contributed by atoms with Crippen LogP contribution in [0.1, 0.15) is 53.4 Å². The van der Waals surface area contributed by atoms with Crippen molar-refractivity contribution in [1.29, 1.82) is 0 Å². The molecule has 8 nitrogen and oxygen atoms in total. The van der Waals surface area contributed by atoms with E-state index >= 15 is 0 Å². The Morgan fingerprint density at radius 3 is 2.25 bits per heavy atom. The van der Waals surface area contributed by atoms with Gasteiger partial charge < -0.3 is 24.1 Å². The largest absolute Gasteiger partial charge is 0.463 e. The van der Waals surface area contributed by atoms with E-state index in [1.54, 1.807) is 36.5 Å². The maximum Gasteiger partial charge on any atom is 0.339 e. The summed E-state index contributed by atoms with van der Waals surface area (Å²) in [5.74, 6) is -1.77. The number of rotatable bonds is 4. The molecule has 6 rings (SSSR count). The highest BCUT2D eigenvalue weighted by atomic mass is 16.6. The number of hydrogen-bond donors (Lipinski definition) is 1. The fourth-order valence-corrected chi connectivity index (χ4v) is 7.98. The second-order valence-corrected chi connectivity index (χ2v) is 12.4. The molecule has 0 aromatic rings. The topological polar surface area (TPSA) is 108 Å². The lowest BCUT2D eigenvalue weighted by Gasteiger charge is -2.69. The first-order valence-corrected chi connectivity index (χ1v) is 13.8. The third-order valence-corrected chi connectivity index (χ3v) is 10.4. The lowest BCUT2D eigenvalue weighted by atomic mass is 9.42. The number of ether oxygens (including phenoxy) is 4. The number of carbonyl (C=O) groups is 3. The number of fused-ring (bicyclic) bond motifs is 3. The monoisotopic (exact) mass is 546 g/mol. The molecule has 0 bridgehead atoms. The van der Waals surface area contributed by atoms with Crippen LogP contribution in [0.15, 0.2) is 70.7 Å². The van der Waals surface area contributed by atoms with Gasteiger partial charge in [0.05, 0.1) is 17.6 Å². The number of aliphatic hydroxyl groups excluding tert-OH is 1. The number of esters is 3. The molecule has 2 saturated heterocycles. The van der Waals surface area contributed by atoms with Crippen molar-refractivity contribution in [2.24, 2.45) is 16.7 Å². The molecule has 1 N–H and O–H groups in total. The highest BCUT2D eigenvalue weighted by Gasteiger charge is 2.75. The highest BCUT2D eigenvalue weighted by molar-refractivity contribution is 5.93. The molecule has 0 aromatic carbocycles. The number of cyclic esters (lactones) is 1. The SMILES string of the molecule is CC1=CCC(OC(=O)C2=CC=C=C2)[C@H]2C1(C)C(OC(=O)C1=CC=C=C1)C(O)C1(C)OC3(CCC21C)COC(=O)C3. The van der Waals surface area contributed by atoms with Gasteiger partial charge in [0.1, 0.15) is 36.1 Å². The Bertz CT molecular complexity index is 1420. The number of hydrogen-bond acceptors (Lipinski definition) is 8. The van der Waals surface area contributed by atoms with Gasteiger partial charge in [-0.15, -0.1) is 11.5 Å². The fourth-order valence-electron chi connectivity index (χ4n) is 7.98. The van der Waals surface area contributed by atoms with E-state index in [4.69, 9.17) is 18.9 Å². The van der Waals surface area contributed by atoms with Crippen molar-refractivity contribution < 1.29 is 38.4 Å². The van der Waals surface area contributed by atoms with Crippen LogP contribution in [0.5, 0.6) is 0 Å². The molecule has 4 aliphatic carbocycles. The van der Waals surface area contributed by atoms with Crippen molar-refractivity contribution in [2.45, 2.75) is 82.9 Å². The smallest absolute Gasteiger partial charge is 0.339 e. The number of aliphatic hydroxyl groups is 1. The molecular formula is C32H34O8. The Balaban J connectivity index is 1.45. The Morgan fingerprint density at radius 2 is 1.68 bits per heavy atom. The first-order valence-electron chi connectivity index (χ1n) is 13.8. The van der Waals surface area contributed by atoms with E-state index in [1.165, 1.54) is 0 Å². The van der Waals surface area contributed by atoms with E-state index in [0.717, 1.165) is 5.57 Å². The van der Waals surface area contributed by atoms with Gasteiger partial charge in [-0.2, -0.15) is 0 Å². The third kappa shape index (κ3) is 3.71. The van der Waals surface area contributed by atoms with Crippen LogP contribution >= 0.6 is 0 Å². The second kappa shape index (κ2) is 9.05. The zero-order valence-electron chi connectivity index (χ0n) is 23.2. The summed E-state index contributed by atoms with van der Waals surface area (Å²) in [4.78, 5) is 38.7. The van der Waals surface area contributed by atoms with Crippen molar-refractivity contribution >= 4 is 17.9 Å². The number of allylic oxidation sites excluding steroid dienone is 2. The van der Waals surface area contributed by atoms with Crippen LogP contribution in [0, 0.1) is 16.7 Å². The zero-order valence-corrected chi connectivity index (χ0v) is 23.2. The zero-order chi connectivity index (χ0) is 28.5. The molecular weight excluding hydrogens is 512 g/mol. The summed E-state index contributed by atoms with van der Waals surface area (Å²) >= 11 is 0. The molecule has 3 fully saturated rings. The van der Waals surface area contributed by atoms with Crippen LogP contribution in [0.25, 0.3) is 0 Å². The van der Waals surface area contributed by atoms with Crippen LogP contribution in [-0.4, -0.2) is 59.1 Å². The van der Waals surface area contributed by atoms with Crippen LogP contribution in [0.4, 0.5) is 0 Å². The molecule has 7 unspecified atom stereocenters. The average Bonchev–Trinajstić information content (AvgIpc) is 3.69. The van der Waals surface area contributed by atoms with E-state index in [0.29, 0.717) is 30.4 Å². The normalized spacial score (nSPS) is 42.6. The van der Waals surface area contributed by atoms with Gasteiger partial charge in [0, 0.05) is 23.2 Å². The predicted molar refractivity (Wildman–Crippen MR) is 142 cm³/mol. The van der Waals surface area contributed by atoms with Crippen LogP contribution in [-0.2, 0) is 33.3 Å². The Hall–Kier alpha value is -3.41. The highest BCUT2D eigenvalue weighted by Crippen LogP contribution is 2.68. The Kier molecular flexibility index (Phi) is 6.06. The number of carbonyl (C=O) groups excluding carboxylic acids is 3. The van der Waals surface area contributed by atoms with Gasteiger partial charge in [-0.1, -0.05) is 25.5 Å². The van der Waals surface area contributed by atoms with Crippen molar-refractivity contribution in [3.8, 4) is 0 Å². The van der Waals surface area contributed by atoms with Gasteiger partial charge in [-0.25, -0.2) is 9.59 Å². The summed E-state index contributed by atoms with van der Waals surface area (Å²) in [5, 5.41) is 12.2. The van der Waals surface area contributed by atoms with Gasteiger partial charge in [-0.3, -0.25) is 4.79 Å². The summed E-state index contributed by atoms with van der Waals surface area (Å²) in [6.45, 7) is 7.95. The summed E-state index contributed by atoms with van der Waals surface area (Å²) < 4.78 is 24.5. The van der Waals surface area contributed by atoms with E-state index in [-0.39, 0.29) is 24.9 Å². The standard InChI is InChI=1S/C32H34O8/c1-19-13-14-22(38-27(35)20-9-5-6-10-20)24-29(2)15-16-32(17-23(33)37-18-32)40-31(29,4)25(34)26(30(19,24)3)39-28(36)21-11-7-8-12-21/h5,7,9-13,22,24-26,34H,14-18H2,1-4H3/t22?,24-,25?,26?,29?,30?,31?,32?/m1/s1. The van der Waals surface area contributed by atoms with E-state index in [2.05, 4.69) is 18.4 Å². The maximum atomic E-state index is 13.3. The molecule has 1 saturated carbocycles. The molecule has 6 aliphatic rings. The first-order chi connectivity index (χ1) is 18.9. The summed E-state index contributed by atoms with van der Waals surface area (Å²) in [6, 6.07) is 0. The van der Waals surface area contributed by atoms with Crippen LogP contribution in [0.2, 0.25) is 0 Å². The van der Waals surface area contributed by atoms with Crippen LogP contribution < -0.4 is 0 Å². The van der Waals surface area contributed by atoms with E-state index < -0.39 is 52.3 Å². The minimum Gasteiger partial charge on any atom is -0.463 e. The predicted octanol–water partition coefficient (Wildman–Crippen LogP) is 3.72. The molecule has 210 valence electrons. The maximum absolute atomic E-state index is 13.3. The molecule has 8 atom stereocenters. The first kappa shape index (κ1) is 26.8. The molecule has 2 aliphatic heterocycles. The fraction of sp³-hybridized carbons (Fsp3) is 0.531. The third-order valence-electron chi connectivity index (χ3n) is 10.4. The summed E-state index contributed by atoms with van der Waals surface area (Å²) in [6.07, 6.45) is 10.5. The minimum atomic E-state index is -1.26. The molecule has 1 spiro atoms.